The zero-order valence-corrected chi connectivity index (χ0v) is 19.6. The molecule has 10 heteroatoms. The molecule has 2 saturated heterocycles. The Morgan fingerprint density at radius 1 is 1.22 bits per heavy atom. The van der Waals surface area contributed by atoms with Crippen LogP contribution in [0.25, 0.3) is 0 Å². The minimum Gasteiger partial charge on any atom is -0.371 e. The molecule has 0 aromatic heterocycles. The third kappa shape index (κ3) is 4.30. The molecule has 2 heterocycles. The molecule has 172 valence electrons. The molecule has 1 N–H and O–H groups in total. The van der Waals surface area contributed by atoms with Crippen molar-refractivity contribution in [1.29, 1.82) is 5.26 Å². The summed E-state index contributed by atoms with van der Waals surface area (Å²) in [6.07, 6.45) is 4.47. The topological polar surface area (TPSA) is 111 Å². The molecule has 4 rings (SSSR count). The molecular formula is C22H27ClN4O4S. The van der Waals surface area contributed by atoms with E-state index in [4.69, 9.17) is 11.6 Å². The van der Waals surface area contributed by atoms with Gasteiger partial charge in [-0.15, -0.1) is 0 Å². The van der Waals surface area contributed by atoms with Gasteiger partial charge in [0.25, 0.3) is 0 Å². The van der Waals surface area contributed by atoms with Crippen LogP contribution in [0.4, 0.5) is 5.69 Å². The van der Waals surface area contributed by atoms with Crippen LogP contribution in [0.5, 0.6) is 0 Å². The average molecular weight is 479 g/mol. The standard InChI is InChI=1S/C22H27ClN4O4S/c1-15(28)27-13-17(12-19(27)21(29)25-22(14-24)7-8-22)32(30,31)20-6-5-16(11-18(20)23)26-9-3-2-4-10-26/h5-6,11,17,19H,2-4,7-10,12-13H2,1H3,(H,25,29)/t17?,19-/m0/s1. The van der Waals surface area contributed by atoms with Crippen molar-refractivity contribution in [2.45, 2.75) is 67.2 Å². The summed E-state index contributed by atoms with van der Waals surface area (Å²) in [4.78, 5) is 28.4. The first kappa shape index (κ1) is 22.9. The van der Waals surface area contributed by atoms with E-state index in [-0.39, 0.29) is 28.8 Å². The molecule has 2 atom stereocenters. The van der Waals surface area contributed by atoms with Gasteiger partial charge < -0.3 is 15.1 Å². The predicted octanol–water partition coefficient (Wildman–Crippen LogP) is 2.27. The number of nitriles is 1. The van der Waals surface area contributed by atoms with Crippen molar-refractivity contribution in [2.24, 2.45) is 0 Å². The van der Waals surface area contributed by atoms with Gasteiger partial charge in [0.1, 0.15) is 11.6 Å². The number of carbonyl (C=O) groups is 2. The first-order chi connectivity index (χ1) is 15.2. The van der Waals surface area contributed by atoms with Crippen LogP contribution in [-0.4, -0.2) is 61.6 Å². The summed E-state index contributed by atoms with van der Waals surface area (Å²) in [5.41, 5.74) is 0.0123. The summed E-state index contributed by atoms with van der Waals surface area (Å²) < 4.78 is 26.8. The van der Waals surface area contributed by atoms with Gasteiger partial charge in [-0.05, 0) is 56.7 Å². The summed E-state index contributed by atoms with van der Waals surface area (Å²) in [6, 6.07) is 6.15. The third-order valence-electron chi connectivity index (χ3n) is 6.68. The molecule has 3 fully saturated rings. The molecular weight excluding hydrogens is 452 g/mol. The molecule has 2 amide bonds. The number of nitrogens with zero attached hydrogens (tertiary/aromatic N) is 3. The highest BCUT2D eigenvalue weighted by molar-refractivity contribution is 7.92. The molecule has 2 aliphatic heterocycles. The number of benzene rings is 1. The summed E-state index contributed by atoms with van der Waals surface area (Å²) in [5.74, 6) is -0.861. The first-order valence-corrected chi connectivity index (χ1v) is 12.9. The number of carbonyl (C=O) groups excluding carboxylic acids is 2. The van der Waals surface area contributed by atoms with Crippen molar-refractivity contribution < 1.29 is 18.0 Å². The molecule has 1 aromatic carbocycles. The van der Waals surface area contributed by atoms with Crippen molar-refractivity contribution in [3.05, 3.63) is 23.2 Å². The van der Waals surface area contributed by atoms with E-state index < -0.39 is 32.6 Å². The highest BCUT2D eigenvalue weighted by Gasteiger charge is 2.50. The van der Waals surface area contributed by atoms with Crippen molar-refractivity contribution in [3.8, 4) is 6.07 Å². The Morgan fingerprint density at radius 2 is 1.91 bits per heavy atom. The summed E-state index contributed by atoms with van der Waals surface area (Å²) in [6.45, 7) is 3.06. The molecule has 8 nitrogen and oxygen atoms in total. The number of nitrogens with one attached hydrogen (secondary N) is 1. The van der Waals surface area contributed by atoms with E-state index in [1.165, 1.54) is 24.3 Å². The maximum atomic E-state index is 13.4. The van der Waals surface area contributed by atoms with Gasteiger partial charge in [-0.3, -0.25) is 9.59 Å². The van der Waals surface area contributed by atoms with Gasteiger partial charge in [0.2, 0.25) is 11.8 Å². The van der Waals surface area contributed by atoms with Gasteiger partial charge >= 0.3 is 0 Å². The molecule has 1 saturated carbocycles. The predicted molar refractivity (Wildman–Crippen MR) is 120 cm³/mol. The lowest BCUT2D eigenvalue weighted by atomic mass is 10.1. The van der Waals surface area contributed by atoms with Gasteiger partial charge in [0, 0.05) is 32.2 Å². The van der Waals surface area contributed by atoms with E-state index in [0.29, 0.717) is 12.8 Å². The molecule has 0 bridgehead atoms. The summed E-state index contributed by atoms with van der Waals surface area (Å²) >= 11 is 6.42. The minimum absolute atomic E-state index is 0.0187. The highest BCUT2D eigenvalue weighted by atomic mass is 35.5. The van der Waals surface area contributed by atoms with Gasteiger partial charge in [-0.2, -0.15) is 5.26 Å². The number of rotatable bonds is 5. The quantitative estimate of drug-likeness (QED) is 0.695. The zero-order valence-electron chi connectivity index (χ0n) is 18.0. The SMILES string of the molecule is CC(=O)N1CC(S(=O)(=O)c2ccc(N3CCCCC3)cc2Cl)C[C@H]1C(=O)NC1(C#N)CC1. The molecule has 0 spiro atoms. The lowest BCUT2D eigenvalue weighted by Gasteiger charge is -2.29. The second-order valence-corrected chi connectivity index (χ2v) is 11.5. The van der Waals surface area contributed by atoms with E-state index >= 15 is 0 Å². The van der Waals surface area contributed by atoms with Crippen LogP contribution in [-0.2, 0) is 19.4 Å². The van der Waals surface area contributed by atoms with E-state index in [0.717, 1.165) is 31.6 Å². The Hall–Kier alpha value is -2.31. The van der Waals surface area contributed by atoms with E-state index in [1.54, 1.807) is 12.1 Å². The second kappa shape index (κ2) is 8.56. The molecule has 3 aliphatic rings. The Morgan fingerprint density at radius 3 is 2.47 bits per heavy atom. The largest absolute Gasteiger partial charge is 0.371 e. The summed E-state index contributed by atoms with van der Waals surface area (Å²) in [5, 5.41) is 11.1. The van der Waals surface area contributed by atoms with E-state index in [1.807, 2.05) is 0 Å². The normalized spacial score (nSPS) is 24.7. The lowest BCUT2D eigenvalue weighted by Crippen LogP contribution is -2.48. The first-order valence-electron chi connectivity index (χ1n) is 11.0. The van der Waals surface area contributed by atoms with Crippen LogP contribution in [0.2, 0.25) is 5.02 Å². The van der Waals surface area contributed by atoms with Crippen LogP contribution in [0, 0.1) is 11.3 Å². The maximum Gasteiger partial charge on any atom is 0.244 e. The number of sulfone groups is 1. The van der Waals surface area contributed by atoms with Crippen LogP contribution in [0.15, 0.2) is 23.1 Å². The summed E-state index contributed by atoms with van der Waals surface area (Å²) in [7, 11) is -3.87. The van der Waals surface area contributed by atoms with Gasteiger partial charge in [0.05, 0.1) is 21.2 Å². The van der Waals surface area contributed by atoms with Gasteiger partial charge in [-0.25, -0.2) is 8.42 Å². The number of hydrogen-bond donors (Lipinski definition) is 1. The lowest BCUT2D eigenvalue weighted by molar-refractivity contribution is -0.137. The van der Waals surface area contributed by atoms with Crippen LogP contribution < -0.4 is 10.2 Å². The van der Waals surface area contributed by atoms with E-state index in [2.05, 4.69) is 16.3 Å². The number of amides is 2. The van der Waals surface area contributed by atoms with Crippen molar-refractivity contribution in [1.82, 2.24) is 10.2 Å². The third-order valence-corrected chi connectivity index (χ3v) is 9.29. The van der Waals surface area contributed by atoms with Crippen molar-refractivity contribution in [3.63, 3.8) is 0 Å². The average Bonchev–Trinajstić information content (AvgIpc) is 3.38. The molecule has 0 radical (unpaired) electrons. The Kier molecular flexibility index (Phi) is 6.12. The van der Waals surface area contributed by atoms with Gasteiger partial charge in [0.15, 0.2) is 9.84 Å². The number of halogens is 1. The molecule has 1 unspecified atom stereocenters. The Bertz CT molecular complexity index is 1070. The van der Waals surface area contributed by atoms with Crippen molar-refractivity contribution in [2.75, 3.05) is 24.5 Å². The number of hydrogen-bond acceptors (Lipinski definition) is 6. The maximum absolute atomic E-state index is 13.4. The number of piperidine rings is 1. The fourth-order valence-electron chi connectivity index (χ4n) is 4.58. The van der Waals surface area contributed by atoms with Crippen LogP contribution >= 0.6 is 11.6 Å². The smallest absolute Gasteiger partial charge is 0.244 e. The van der Waals surface area contributed by atoms with Gasteiger partial charge in [-0.1, -0.05) is 11.6 Å². The number of likely N-dealkylation sites (tertiary alicyclic amines) is 1. The highest BCUT2D eigenvalue weighted by Crippen LogP contribution is 2.37. The fourth-order valence-corrected chi connectivity index (χ4v) is 6.81. The van der Waals surface area contributed by atoms with E-state index in [9.17, 15) is 23.3 Å². The Labute approximate surface area is 193 Å². The Balaban J connectivity index is 1.55. The van der Waals surface area contributed by atoms with Crippen LogP contribution in [0.3, 0.4) is 0 Å². The minimum atomic E-state index is -3.87. The molecule has 32 heavy (non-hydrogen) atoms. The molecule has 1 aromatic rings. The van der Waals surface area contributed by atoms with Crippen LogP contribution in [0.1, 0.15) is 45.4 Å². The van der Waals surface area contributed by atoms with Crippen molar-refractivity contribution >= 4 is 38.9 Å². The second-order valence-electron chi connectivity index (χ2n) is 8.94. The molecule has 1 aliphatic carbocycles. The fraction of sp³-hybridized carbons (Fsp3) is 0.591. The number of anilines is 1. The zero-order chi connectivity index (χ0) is 23.1. The monoisotopic (exact) mass is 478 g/mol.